The van der Waals surface area contributed by atoms with Crippen molar-refractivity contribution in [2.45, 2.75) is 30.6 Å². The molecular weight excluding hydrogens is 522 g/mol. The van der Waals surface area contributed by atoms with Gasteiger partial charge in [0.2, 0.25) is 0 Å². The zero-order valence-corrected chi connectivity index (χ0v) is 23.1. The maximum Gasteiger partial charge on any atom is 0.323 e. The van der Waals surface area contributed by atoms with Crippen LogP contribution >= 0.6 is 0 Å². The number of carbonyl (C=O) groups is 1. The maximum absolute atomic E-state index is 13.2. The molecule has 0 saturated carbocycles. The zero-order chi connectivity index (χ0) is 27.6. The smallest absolute Gasteiger partial charge is 0.323 e. The maximum atomic E-state index is 13.2. The van der Waals surface area contributed by atoms with Crippen LogP contribution in [0.1, 0.15) is 25.5 Å². The van der Waals surface area contributed by atoms with Crippen molar-refractivity contribution in [1.29, 1.82) is 0 Å². The van der Waals surface area contributed by atoms with Crippen LogP contribution in [-0.4, -0.2) is 79.5 Å². The van der Waals surface area contributed by atoms with E-state index in [1.54, 1.807) is 36.3 Å². The molecule has 2 aliphatic heterocycles. The third-order valence-corrected chi connectivity index (χ3v) is 9.25. The number of aromatic nitrogens is 4. The Bertz CT molecular complexity index is 1440. The molecule has 1 aromatic carbocycles. The van der Waals surface area contributed by atoms with Crippen molar-refractivity contribution in [1.82, 2.24) is 19.7 Å². The highest BCUT2D eigenvalue weighted by Crippen LogP contribution is 2.40. The second-order valence-corrected chi connectivity index (χ2v) is 12.3. The van der Waals surface area contributed by atoms with Crippen LogP contribution in [0.25, 0.3) is 11.4 Å². The summed E-state index contributed by atoms with van der Waals surface area (Å²) in [6.45, 7) is 4.50. The molecule has 39 heavy (non-hydrogen) atoms. The van der Waals surface area contributed by atoms with E-state index in [2.05, 4.69) is 27.6 Å². The number of ether oxygens (including phenoxy) is 2. The monoisotopic (exact) mass is 555 g/mol. The first-order valence-corrected chi connectivity index (χ1v) is 14.7. The van der Waals surface area contributed by atoms with E-state index in [0.717, 1.165) is 0 Å². The number of benzene rings is 1. The molecule has 12 nitrogen and oxygen atoms in total. The number of nitrogens with zero attached hydrogens (tertiary/aromatic N) is 5. The summed E-state index contributed by atoms with van der Waals surface area (Å²) in [7, 11) is -1.75. The standard InChI is InChI=1S/C26H33N7O5S/c1-18-17-38-13-10-33(18)23-14-22(26(39(3,35)36)8-11-37-12-9-26)30-24(31-23)19-4-6-20(7-5-19)28-25(34)29-21-15-27-32(2)16-21/h4-7,14-16,18H,8-13,17H2,1-3H3,(H2,28,29,34)/t18-/m0/s1. The number of rotatable bonds is 6. The molecule has 0 spiro atoms. The van der Waals surface area contributed by atoms with Gasteiger partial charge in [0.05, 0.1) is 36.8 Å². The number of amides is 2. The number of carbonyl (C=O) groups excluding carboxylic acids is 1. The van der Waals surface area contributed by atoms with Crippen LogP contribution in [0.4, 0.5) is 22.0 Å². The first kappa shape index (κ1) is 27.0. The van der Waals surface area contributed by atoms with Gasteiger partial charge in [-0.2, -0.15) is 5.10 Å². The van der Waals surface area contributed by atoms with Gasteiger partial charge in [-0.05, 0) is 44.0 Å². The van der Waals surface area contributed by atoms with Crippen molar-refractivity contribution in [3.63, 3.8) is 0 Å². The van der Waals surface area contributed by atoms with Crippen LogP contribution in [-0.2, 0) is 31.1 Å². The van der Waals surface area contributed by atoms with Gasteiger partial charge < -0.3 is 25.0 Å². The van der Waals surface area contributed by atoms with Crippen LogP contribution in [0, 0.1) is 0 Å². The number of nitrogens with one attached hydrogen (secondary N) is 2. The lowest BCUT2D eigenvalue weighted by Gasteiger charge is -2.37. The number of anilines is 3. The summed E-state index contributed by atoms with van der Waals surface area (Å²) in [5.74, 6) is 1.08. The van der Waals surface area contributed by atoms with Crippen molar-refractivity contribution in [3.8, 4) is 11.4 Å². The number of aryl methyl sites for hydroxylation is 1. The highest BCUT2D eigenvalue weighted by Gasteiger charge is 2.46. The van der Waals surface area contributed by atoms with Gasteiger partial charge in [-0.25, -0.2) is 23.2 Å². The molecule has 0 aliphatic carbocycles. The Morgan fingerprint density at radius 1 is 1.05 bits per heavy atom. The summed E-state index contributed by atoms with van der Waals surface area (Å²) >= 11 is 0. The summed E-state index contributed by atoms with van der Waals surface area (Å²) in [5.41, 5.74) is 2.34. The van der Waals surface area contributed by atoms with Gasteiger partial charge in [0.1, 0.15) is 10.6 Å². The lowest BCUT2D eigenvalue weighted by atomic mass is 9.94. The van der Waals surface area contributed by atoms with E-state index >= 15 is 0 Å². The largest absolute Gasteiger partial charge is 0.381 e. The summed E-state index contributed by atoms with van der Waals surface area (Å²) in [6.07, 6.45) is 5.18. The normalized spacial score (nSPS) is 19.5. The van der Waals surface area contributed by atoms with Gasteiger partial charge in [0.25, 0.3) is 0 Å². The van der Waals surface area contributed by atoms with Gasteiger partial charge in [0.15, 0.2) is 15.7 Å². The average Bonchev–Trinajstić information content (AvgIpc) is 3.33. The molecule has 1 atom stereocenters. The van der Waals surface area contributed by atoms with Crippen LogP contribution in [0.2, 0.25) is 0 Å². The van der Waals surface area contributed by atoms with E-state index in [-0.39, 0.29) is 6.04 Å². The Morgan fingerprint density at radius 2 is 1.77 bits per heavy atom. The summed E-state index contributed by atoms with van der Waals surface area (Å²) in [4.78, 5) is 24.2. The van der Waals surface area contributed by atoms with Crippen LogP contribution in [0.3, 0.4) is 0 Å². The molecule has 2 N–H and O–H groups in total. The first-order chi connectivity index (χ1) is 18.6. The van der Waals surface area contributed by atoms with E-state index in [0.29, 0.717) is 80.1 Å². The van der Waals surface area contributed by atoms with Gasteiger partial charge in [-0.1, -0.05) is 0 Å². The molecule has 2 fully saturated rings. The minimum Gasteiger partial charge on any atom is -0.381 e. The van der Waals surface area contributed by atoms with Crippen LogP contribution < -0.4 is 15.5 Å². The highest BCUT2D eigenvalue weighted by atomic mass is 32.2. The topological polar surface area (TPSA) is 141 Å². The van der Waals surface area contributed by atoms with Crippen molar-refractivity contribution >= 4 is 33.1 Å². The summed E-state index contributed by atoms with van der Waals surface area (Å²) in [5, 5.41) is 9.55. The Morgan fingerprint density at radius 3 is 2.41 bits per heavy atom. The number of morpholine rings is 1. The molecule has 2 aliphatic rings. The predicted octanol–water partition coefficient (Wildman–Crippen LogP) is 2.80. The van der Waals surface area contributed by atoms with Gasteiger partial charge >= 0.3 is 6.03 Å². The molecule has 5 rings (SSSR count). The van der Waals surface area contributed by atoms with Crippen LogP contribution in [0.5, 0.6) is 0 Å². The Hall–Kier alpha value is -3.55. The molecule has 2 saturated heterocycles. The van der Waals surface area contributed by atoms with E-state index in [1.165, 1.54) is 6.26 Å². The SMILES string of the molecule is C[C@H]1COCCN1c1cc(C2(S(C)(=O)=O)CCOCC2)nc(-c2ccc(NC(=O)Nc3cnn(C)c3)cc2)n1. The van der Waals surface area contributed by atoms with E-state index in [1.807, 2.05) is 18.2 Å². The molecule has 2 aromatic heterocycles. The van der Waals surface area contributed by atoms with Crippen LogP contribution in [0.15, 0.2) is 42.7 Å². The minimum atomic E-state index is -3.52. The molecule has 3 aromatic rings. The first-order valence-electron chi connectivity index (χ1n) is 12.8. The van der Waals surface area contributed by atoms with Gasteiger partial charge in [0, 0.05) is 56.6 Å². The molecular formula is C26H33N7O5S. The molecule has 0 unspecified atom stereocenters. The lowest BCUT2D eigenvalue weighted by molar-refractivity contribution is 0.0731. The third kappa shape index (κ3) is 5.75. The number of urea groups is 1. The van der Waals surface area contributed by atoms with E-state index in [9.17, 15) is 13.2 Å². The fraction of sp³-hybridized carbons (Fsp3) is 0.462. The molecule has 208 valence electrons. The number of hydrogen-bond acceptors (Lipinski definition) is 9. The Kier molecular flexibility index (Phi) is 7.56. The number of hydrogen-bond donors (Lipinski definition) is 2. The highest BCUT2D eigenvalue weighted by molar-refractivity contribution is 7.91. The Balaban J connectivity index is 1.48. The molecule has 4 heterocycles. The van der Waals surface area contributed by atoms with Crippen molar-refractivity contribution in [2.24, 2.45) is 7.05 Å². The fourth-order valence-corrected chi connectivity index (χ4v) is 6.40. The molecule has 0 radical (unpaired) electrons. The lowest BCUT2D eigenvalue weighted by Crippen LogP contribution is -2.45. The van der Waals surface area contributed by atoms with Gasteiger partial charge in [-0.3, -0.25) is 4.68 Å². The second kappa shape index (κ2) is 10.9. The van der Waals surface area contributed by atoms with E-state index < -0.39 is 20.6 Å². The second-order valence-electron chi connectivity index (χ2n) is 9.99. The average molecular weight is 556 g/mol. The predicted molar refractivity (Wildman–Crippen MR) is 148 cm³/mol. The van der Waals surface area contributed by atoms with Crippen molar-refractivity contribution in [3.05, 3.63) is 48.4 Å². The van der Waals surface area contributed by atoms with Crippen molar-refractivity contribution in [2.75, 3.05) is 54.8 Å². The molecule has 13 heteroatoms. The number of sulfone groups is 1. The Labute approximate surface area is 227 Å². The fourth-order valence-electron chi connectivity index (χ4n) is 5.01. The third-order valence-electron chi connectivity index (χ3n) is 7.22. The quantitative estimate of drug-likeness (QED) is 0.470. The summed E-state index contributed by atoms with van der Waals surface area (Å²) < 4.78 is 38.0. The molecule has 0 bridgehead atoms. The molecule has 2 amide bonds. The van der Waals surface area contributed by atoms with E-state index in [4.69, 9.17) is 19.4 Å². The van der Waals surface area contributed by atoms with Gasteiger partial charge in [-0.15, -0.1) is 0 Å². The summed E-state index contributed by atoms with van der Waals surface area (Å²) in [6, 6.07) is 8.62. The van der Waals surface area contributed by atoms with Crippen molar-refractivity contribution < 1.29 is 22.7 Å². The zero-order valence-electron chi connectivity index (χ0n) is 22.3. The minimum absolute atomic E-state index is 0.0723.